The van der Waals surface area contributed by atoms with Gasteiger partial charge in [0.15, 0.2) is 5.78 Å². The smallest absolute Gasteiger partial charge is 0.166 e. The third-order valence-corrected chi connectivity index (χ3v) is 3.85. The predicted octanol–water partition coefficient (Wildman–Crippen LogP) is 3.97. The fourth-order valence-electron chi connectivity index (χ4n) is 1.98. The fourth-order valence-corrected chi connectivity index (χ4v) is 2.33. The molecule has 0 bridgehead atoms. The fraction of sp³-hybridized carbons (Fsp3) is 0.462. The Labute approximate surface area is 108 Å². The maximum absolute atomic E-state index is 13.3. The number of halogens is 2. The first-order valence-corrected chi connectivity index (χ1v) is 6.47. The van der Waals surface area contributed by atoms with Crippen molar-refractivity contribution in [2.75, 3.05) is 7.11 Å². The lowest BCUT2D eigenvalue weighted by Gasteiger charge is -2.24. The van der Waals surface area contributed by atoms with Crippen LogP contribution < -0.4 is 4.74 Å². The zero-order chi connectivity index (χ0) is 12.4. The Balaban J connectivity index is 2.23. The first kappa shape index (κ1) is 12.6. The van der Waals surface area contributed by atoms with E-state index in [2.05, 4.69) is 15.9 Å². The van der Waals surface area contributed by atoms with Gasteiger partial charge in [0.2, 0.25) is 0 Å². The summed E-state index contributed by atoms with van der Waals surface area (Å²) in [5.41, 5.74) is 0.465. The molecular weight excluding hydrogens is 287 g/mol. The topological polar surface area (TPSA) is 26.3 Å². The van der Waals surface area contributed by atoms with Crippen LogP contribution in [0.5, 0.6) is 5.75 Å². The average molecular weight is 301 g/mol. The van der Waals surface area contributed by atoms with E-state index in [4.69, 9.17) is 4.74 Å². The lowest BCUT2D eigenvalue weighted by molar-refractivity contribution is 0.0933. The van der Waals surface area contributed by atoms with Gasteiger partial charge in [0.1, 0.15) is 11.6 Å². The summed E-state index contributed by atoms with van der Waals surface area (Å²) in [7, 11) is 1.45. The van der Waals surface area contributed by atoms with Crippen LogP contribution in [0.4, 0.5) is 4.39 Å². The highest BCUT2D eigenvalue weighted by Gasteiger charge is 2.23. The highest BCUT2D eigenvalue weighted by atomic mass is 79.9. The molecule has 2 rings (SSSR count). The van der Waals surface area contributed by atoms with E-state index in [1.807, 2.05) is 0 Å². The number of Topliss-reactive ketones (excluding diaryl/α,β-unsaturated/α-hetero) is 1. The molecule has 1 fully saturated rings. The molecule has 1 aliphatic carbocycles. The Hall–Kier alpha value is -0.900. The van der Waals surface area contributed by atoms with Crippen molar-refractivity contribution in [3.63, 3.8) is 0 Å². The standard InChI is InChI=1S/C13H14BrFO2/c1-17-13-7-11(15)10(14)6-9(13)12(16)5-8-3-2-4-8/h6-8H,2-5H2,1H3. The summed E-state index contributed by atoms with van der Waals surface area (Å²) in [5, 5.41) is 0. The van der Waals surface area contributed by atoms with E-state index in [1.165, 1.54) is 25.7 Å². The minimum absolute atomic E-state index is 0.0345. The molecule has 0 saturated heterocycles. The van der Waals surface area contributed by atoms with Gasteiger partial charge in [-0.25, -0.2) is 4.39 Å². The van der Waals surface area contributed by atoms with Crippen LogP contribution in [0, 0.1) is 11.7 Å². The molecule has 17 heavy (non-hydrogen) atoms. The summed E-state index contributed by atoms with van der Waals surface area (Å²) < 4.78 is 18.7. The Kier molecular flexibility index (Phi) is 3.82. The van der Waals surface area contributed by atoms with Crippen molar-refractivity contribution in [2.45, 2.75) is 25.7 Å². The van der Waals surface area contributed by atoms with Crippen molar-refractivity contribution in [1.29, 1.82) is 0 Å². The van der Waals surface area contributed by atoms with E-state index in [0.717, 1.165) is 12.8 Å². The Morgan fingerprint density at radius 3 is 2.76 bits per heavy atom. The number of hydrogen-bond donors (Lipinski definition) is 0. The van der Waals surface area contributed by atoms with E-state index >= 15 is 0 Å². The van der Waals surface area contributed by atoms with Crippen LogP contribution in [-0.2, 0) is 0 Å². The largest absolute Gasteiger partial charge is 0.496 e. The average Bonchev–Trinajstić information content (AvgIpc) is 2.26. The van der Waals surface area contributed by atoms with Gasteiger partial charge in [0.25, 0.3) is 0 Å². The summed E-state index contributed by atoms with van der Waals surface area (Å²) in [6.07, 6.45) is 3.99. The molecular formula is C13H14BrFO2. The minimum atomic E-state index is -0.415. The number of methoxy groups -OCH3 is 1. The first-order valence-electron chi connectivity index (χ1n) is 5.68. The lowest BCUT2D eigenvalue weighted by Crippen LogP contribution is -2.16. The van der Waals surface area contributed by atoms with Gasteiger partial charge in [-0.15, -0.1) is 0 Å². The van der Waals surface area contributed by atoms with Crippen LogP contribution >= 0.6 is 15.9 Å². The zero-order valence-corrected chi connectivity index (χ0v) is 11.2. The first-order chi connectivity index (χ1) is 8.11. The van der Waals surface area contributed by atoms with Gasteiger partial charge in [-0.2, -0.15) is 0 Å². The van der Waals surface area contributed by atoms with Crippen molar-refractivity contribution in [2.24, 2.45) is 5.92 Å². The van der Waals surface area contributed by atoms with Crippen LogP contribution in [0.2, 0.25) is 0 Å². The van der Waals surface area contributed by atoms with E-state index < -0.39 is 5.82 Å². The van der Waals surface area contributed by atoms with Crippen molar-refractivity contribution < 1.29 is 13.9 Å². The monoisotopic (exact) mass is 300 g/mol. The van der Waals surface area contributed by atoms with Crippen LogP contribution in [0.15, 0.2) is 16.6 Å². The van der Waals surface area contributed by atoms with Crippen LogP contribution in [0.3, 0.4) is 0 Å². The van der Waals surface area contributed by atoms with Crippen molar-refractivity contribution >= 4 is 21.7 Å². The molecule has 1 saturated carbocycles. The van der Waals surface area contributed by atoms with Gasteiger partial charge < -0.3 is 4.74 Å². The third-order valence-electron chi connectivity index (χ3n) is 3.24. The van der Waals surface area contributed by atoms with Gasteiger partial charge in [0, 0.05) is 12.5 Å². The molecule has 0 amide bonds. The number of ether oxygens (including phenoxy) is 1. The second-order valence-corrected chi connectivity index (χ2v) is 5.25. The molecule has 0 N–H and O–H groups in total. The molecule has 1 aromatic carbocycles. The maximum atomic E-state index is 13.3. The van der Waals surface area contributed by atoms with Gasteiger partial charge >= 0.3 is 0 Å². The van der Waals surface area contributed by atoms with Crippen LogP contribution in [0.1, 0.15) is 36.0 Å². The quantitative estimate of drug-likeness (QED) is 0.787. The second-order valence-electron chi connectivity index (χ2n) is 4.39. The molecule has 1 aliphatic rings. The summed E-state index contributed by atoms with van der Waals surface area (Å²) in [5.74, 6) is 0.431. The molecule has 0 heterocycles. The van der Waals surface area contributed by atoms with Gasteiger partial charge in [0.05, 0.1) is 17.1 Å². The second kappa shape index (κ2) is 5.17. The van der Waals surface area contributed by atoms with E-state index in [9.17, 15) is 9.18 Å². The zero-order valence-electron chi connectivity index (χ0n) is 9.63. The molecule has 92 valence electrons. The molecule has 0 unspecified atom stereocenters. The molecule has 0 aromatic heterocycles. The number of ketones is 1. The summed E-state index contributed by atoms with van der Waals surface area (Å²) in [4.78, 5) is 12.1. The number of carbonyl (C=O) groups excluding carboxylic acids is 1. The Bertz CT molecular complexity index is 441. The highest BCUT2D eigenvalue weighted by Crippen LogP contribution is 2.33. The number of rotatable bonds is 4. The highest BCUT2D eigenvalue weighted by molar-refractivity contribution is 9.10. The summed E-state index contributed by atoms with van der Waals surface area (Å²) in [6.45, 7) is 0. The number of carbonyl (C=O) groups is 1. The van der Waals surface area contributed by atoms with Gasteiger partial charge in [-0.05, 0) is 27.9 Å². The summed E-state index contributed by atoms with van der Waals surface area (Å²) in [6, 6.07) is 2.76. The minimum Gasteiger partial charge on any atom is -0.496 e. The van der Waals surface area contributed by atoms with Crippen molar-refractivity contribution in [3.8, 4) is 5.75 Å². The number of hydrogen-bond acceptors (Lipinski definition) is 2. The van der Waals surface area contributed by atoms with Crippen molar-refractivity contribution in [1.82, 2.24) is 0 Å². The van der Waals surface area contributed by atoms with Gasteiger partial charge in [-0.1, -0.05) is 19.3 Å². The van der Waals surface area contributed by atoms with Crippen LogP contribution in [0.25, 0.3) is 0 Å². The molecule has 0 radical (unpaired) electrons. The van der Waals surface area contributed by atoms with E-state index in [-0.39, 0.29) is 5.78 Å². The SMILES string of the molecule is COc1cc(F)c(Br)cc1C(=O)CC1CCC1. The molecule has 0 aliphatic heterocycles. The number of benzene rings is 1. The molecule has 2 nitrogen and oxygen atoms in total. The maximum Gasteiger partial charge on any atom is 0.166 e. The Morgan fingerprint density at radius 1 is 1.53 bits per heavy atom. The predicted molar refractivity (Wildman–Crippen MR) is 66.9 cm³/mol. The normalized spacial score (nSPS) is 15.5. The summed E-state index contributed by atoms with van der Waals surface area (Å²) >= 11 is 3.09. The third kappa shape index (κ3) is 2.68. The molecule has 4 heteroatoms. The van der Waals surface area contributed by atoms with E-state index in [1.54, 1.807) is 0 Å². The molecule has 1 aromatic rings. The van der Waals surface area contributed by atoms with Crippen molar-refractivity contribution in [3.05, 3.63) is 28.0 Å². The lowest BCUT2D eigenvalue weighted by atomic mass is 9.81. The van der Waals surface area contributed by atoms with Gasteiger partial charge in [-0.3, -0.25) is 4.79 Å². The van der Waals surface area contributed by atoms with Crippen LogP contribution in [-0.4, -0.2) is 12.9 Å². The molecule has 0 atom stereocenters. The Morgan fingerprint density at radius 2 is 2.24 bits per heavy atom. The molecule has 0 spiro atoms. The van der Waals surface area contributed by atoms with E-state index in [0.29, 0.717) is 28.1 Å².